The zero-order valence-electron chi connectivity index (χ0n) is 20.1. The first-order valence-corrected chi connectivity index (χ1v) is 12.4. The van der Waals surface area contributed by atoms with Crippen LogP contribution in [0.1, 0.15) is 45.4 Å². The number of amides is 2. The highest BCUT2D eigenvalue weighted by molar-refractivity contribution is 6.01. The Labute approximate surface area is 197 Å². The van der Waals surface area contributed by atoms with Gasteiger partial charge >= 0.3 is 0 Å². The van der Waals surface area contributed by atoms with Crippen LogP contribution in [0.15, 0.2) is 30.5 Å². The predicted molar refractivity (Wildman–Crippen MR) is 131 cm³/mol. The van der Waals surface area contributed by atoms with Crippen LogP contribution in [0.5, 0.6) is 0 Å². The van der Waals surface area contributed by atoms with Crippen LogP contribution in [0.3, 0.4) is 0 Å². The number of rotatable bonds is 9. The molecule has 2 aromatic rings. The highest BCUT2D eigenvalue weighted by Crippen LogP contribution is 2.32. The largest absolute Gasteiger partial charge is 0.385 e. The molecule has 7 heteroatoms. The molecule has 0 saturated carbocycles. The molecular formula is C26H38N4O3. The summed E-state index contributed by atoms with van der Waals surface area (Å²) in [7, 11) is 1.71. The van der Waals surface area contributed by atoms with Gasteiger partial charge in [-0.3, -0.25) is 9.59 Å². The third-order valence-corrected chi connectivity index (χ3v) is 7.24. The maximum Gasteiger partial charge on any atom is 0.242 e. The standard InChI is InChI=1S/C26H38N4O3/c1-20(31)27-23-9-5-11-25-22(23)12-16-29(25)19-26(32)30(15-7-17-33-2)18-21-8-6-14-28-13-4-3-10-24(21)28/h5,9,11-12,16,21,24H,3-4,6-8,10,13-15,17-19H2,1-2H3,(H,27,31). The van der Waals surface area contributed by atoms with Crippen LogP contribution in [0.2, 0.25) is 0 Å². The topological polar surface area (TPSA) is 66.8 Å². The lowest BCUT2D eigenvalue weighted by molar-refractivity contribution is -0.133. The van der Waals surface area contributed by atoms with Crippen molar-refractivity contribution >= 4 is 28.4 Å². The number of carbonyl (C=O) groups excluding carboxylic acids is 2. The van der Waals surface area contributed by atoms with Gasteiger partial charge in [-0.1, -0.05) is 12.5 Å². The average Bonchev–Trinajstić information content (AvgIpc) is 3.22. The van der Waals surface area contributed by atoms with E-state index < -0.39 is 0 Å². The summed E-state index contributed by atoms with van der Waals surface area (Å²) in [4.78, 5) is 29.8. The van der Waals surface area contributed by atoms with Crippen molar-refractivity contribution in [3.05, 3.63) is 30.5 Å². The van der Waals surface area contributed by atoms with E-state index in [9.17, 15) is 9.59 Å². The smallest absolute Gasteiger partial charge is 0.242 e. The van der Waals surface area contributed by atoms with Gasteiger partial charge in [-0.2, -0.15) is 0 Å². The molecule has 3 heterocycles. The van der Waals surface area contributed by atoms with Crippen molar-refractivity contribution in [2.75, 3.05) is 45.2 Å². The minimum atomic E-state index is -0.0973. The van der Waals surface area contributed by atoms with Gasteiger partial charge in [0.1, 0.15) is 6.54 Å². The number of nitrogens with one attached hydrogen (secondary N) is 1. The first kappa shape index (κ1) is 23.8. The Morgan fingerprint density at radius 2 is 2.00 bits per heavy atom. The highest BCUT2D eigenvalue weighted by atomic mass is 16.5. The van der Waals surface area contributed by atoms with E-state index in [-0.39, 0.29) is 11.8 Å². The molecule has 0 radical (unpaired) electrons. The average molecular weight is 455 g/mol. The van der Waals surface area contributed by atoms with Crippen LogP contribution in [0.25, 0.3) is 10.9 Å². The first-order valence-electron chi connectivity index (χ1n) is 12.4. The second-order valence-corrected chi connectivity index (χ2v) is 9.55. The molecule has 2 atom stereocenters. The number of hydrogen-bond acceptors (Lipinski definition) is 4. The summed E-state index contributed by atoms with van der Waals surface area (Å²) in [5.74, 6) is 0.611. The lowest BCUT2D eigenvalue weighted by Gasteiger charge is -2.45. The Morgan fingerprint density at radius 3 is 2.82 bits per heavy atom. The van der Waals surface area contributed by atoms with Crippen LogP contribution in [0.4, 0.5) is 5.69 Å². The van der Waals surface area contributed by atoms with Crippen molar-refractivity contribution in [1.29, 1.82) is 0 Å². The van der Waals surface area contributed by atoms with E-state index in [0.29, 0.717) is 25.1 Å². The summed E-state index contributed by atoms with van der Waals surface area (Å²) in [6.45, 7) is 6.47. The number of benzene rings is 1. The van der Waals surface area contributed by atoms with Crippen molar-refractivity contribution in [2.45, 2.75) is 58.0 Å². The second kappa shape index (κ2) is 11.2. The van der Waals surface area contributed by atoms with Crippen molar-refractivity contribution in [2.24, 2.45) is 5.92 Å². The van der Waals surface area contributed by atoms with E-state index in [1.807, 2.05) is 35.0 Å². The summed E-state index contributed by atoms with van der Waals surface area (Å²) < 4.78 is 7.27. The van der Waals surface area contributed by atoms with Crippen LogP contribution < -0.4 is 5.32 Å². The molecule has 4 rings (SSSR count). The zero-order valence-corrected chi connectivity index (χ0v) is 20.1. The van der Waals surface area contributed by atoms with Crippen molar-refractivity contribution in [1.82, 2.24) is 14.4 Å². The summed E-state index contributed by atoms with van der Waals surface area (Å²) in [6.07, 6.45) is 9.12. The maximum atomic E-state index is 13.5. The molecule has 180 valence electrons. The highest BCUT2D eigenvalue weighted by Gasteiger charge is 2.34. The quantitative estimate of drug-likeness (QED) is 0.587. The van der Waals surface area contributed by atoms with Gasteiger partial charge in [-0.15, -0.1) is 0 Å². The number of aromatic nitrogens is 1. The van der Waals surface area contributed by atoms with Crippen LogP contribution in [-0.2, 0) is 20.9 Å². The summed E-state index contributed by atoms with van der Waals surface area (Å²) in [6, 6.07) is 8.42. The molecule has 2 amide bonds. The number of methoxy groups -OCH3 is 1. The van der Waals surface area contributed by atoms with E-state index in [1.54, 1.807) is 7.11 Å². The van der Waals surface area contributed by atoms with Crippen LogP contribution in [-0.4, -0.2) is 72.1 Å². The van der Waals surface area contributed by atoms with E-state index in [1.165, 1.54) is 52.1 Å². The van der Waals surface area contributed by atoms with Crippen molar-refractivity contribution in [3.8, 4) is 0 Å². The molecule has 1 aromatic carbocycles. The zero-order chi connectivity index (χ0) is 23.2. The molecule has 0 aliphatic carbocycles. The number of anilines is 1. The fourth-order valence-corrected chi connectivity index (χ4v) is 5.70. The Balaban J connectivity index is 1.49. The first-order chi connectivity index (χ1) is 16.1. The monoisotopic (exact) mass is 454 g/mol. The molecule has 2 saturated heterocycles. The maximum absolute atomic E-state index is 13.5. The summed E-state index contributed by atoms with van der Waals surface area (Å²) in [5, 5.41) is 3.84. The molecule has 0 bridgehead atoms. The molecule has 7 nitrogen and oxygen atoms in total. The minimum absolute atomic E-state index is 0.0973. The number of ether oxygens (including phenoxy) is 1. The molecule has 1 aromatic heterocycles. The Morgan fingerprint density at radius 1 is 1.15 bits per heavy atom. The predicted octanol–water partition coefficient (Wildman–Crippen LogP) is 3.73. The van der Waals surface area contributed by atoms with Crippen LogP contribution >= 0.6 is 0 Å². The number of piperidine rings is 2. The lowest BCUT2D eigenvalue weighted by atomic mass is 9.83. The Hall–Kier alpha value is -2.38. The normalized spacial score (nSPS) is 21.0. The minimum Gasteiger partial charge on any atom is -0.385 e. The lowest BCUT2D eigenvalue weighted by Crippen LogP contribution is -2.52. The van der Waals surface area contributed by atoms with E-state index in [0.717, 1.165) is 36.1 Å². The summed E-state index contributed by atoms with van der Waals surface area (Å²) in [5.41, 5.74) is 1.74. The van der Waals surface area contributed by atoms with E-state index >= 15 is 0 Å². The van der Waals surface area contributed by atoms with Gasteiger partial charge in [0.15, 0.2) is 0 Å². The van der Waals surface area contributed by atoms with Gasteiger partial charge < -0.3 is 24.4 Å². The summed E-state index contributed by atoms with van der Waals surface area (Å²) >= 11 is 0. The SMILES string of the molecule is COCCCN(CC1CCCN2CCCCC12)C(=O)Cn1ccc2c(NC(C)=O)cccc21. The van der Waals surface area contributed by atoms with Gasteiger partial charge in [0.2, 0.25) is 11.8 Å². The Kier molecular flexibility index (Phi) is 8.04. The molecule has 33 heavy (non-hydrogen) atoms. The fraction of sp³-hybridized carbons (Fsp3) is 0.615. The molecule has 2 fully saturated rings. The van der Waals surface area contributed by atoms with E-state index in [2.05, 4.69) is 15.1 Å². The van der Waals surface area contributed by atoms with Gasteiger partial charge in [0.25, 0.3) is 0 Å². The molecule has 1 N–H and O–H groups in total. The fourth-order valence-electron chi connectivity index (χ4n) is 5.70. The molecule has 2 aliphatic heterocycles. The number of hydrogen-bond donors (Lipinski definition) is 1. The number of fused-ring (bicyclic) bond motifs is 2. The van der Waals surface area contributed by atoms with Gasteiger partial charge in [0, 0.05) is 51.4 Å². The van der Waals surface area contributed by atoms with Gasteiger partial charge in [-0.25, -0.2) is 0 Å². The second-order valence-electron chi connectivity index (χ2n) is 9.55. The number of carbonyl (C=O) groups is 2. The molecular weight excluding hydrogens is 416 g/mol. The molecule has 0 spiro atoms. The molecule has 2 aliphatic rings. The number of nitrogens with zero attached hydrogens (tertiary/aromatic N) is 3. The Bertz CT molecular complexity index is 954. The van der Waals surface area contributed by atoms with Crippen molar-refractivity contribution < 1.29 is 14.3 Å². The third kappa shape index (κ3) is 5.76. The van der Waals surface area contributed by atoms with Gasteiger partial charge in [-0.05, 0) is 69.3 Å². The van der Waals surface area contributed by atoms with Crippen LogP contribution in [0, 0.1) is 5.92 Å². The third-order valence-electron chi connectivity index (χ3n) is 7.24. The van der Waals surface area contributed by atoms with Gasteiger partial charge in [0.05, 0.1) is 11.2 Å². The molecule has 2 unspecified atom stereocenters. The van der Waals surface area contributed by atoms with Crippen molar-refractivity contribution in [3.63, 3.8) is 0 Å². The van der Waals surface area contributed by atoms with E-state index in [4.69, 9.17) is 4.74 Å².